The van der Waals surface area contributed by atoms with Crippen LogP contribution in [0.3, 0.4) is 0 Å². The van der Waals surface area contributed by atoms with Crippen LogP contribution in [0.4, 0.5) is 5.69 Å². The number of nitrogens with zero attached hydrogens (tertiary/aromatic N) is 3. The predicted molar refractivity (Wildman–Crippen MR) is 76.0 cm³/mol. The molecule has 0 amide bonds. The Hall–Kier alpha value is -2.70. The van der Waals surface area contributed by atoms with E-state index in [1.165, 1.54) is 10.7 Å². The first-order chi connectivity index (χ1) is 9.85. The molecule has 0 bridgehead atoms. The standard InChI is InChI=1S/C14H15N3O4/c1-8-6-13(9(2)5-12(8)17(19)20)21-14-11(7-18)10(3)15-16(14)4/h5-7H,1-4H3. The number of hydrogen-bond acceptors (Lipinski definition) is 5. The van der Waals surface area contributed by atoms with E-state index in [4.69, 9.17) is 4.74 Å². The Morgan fingerprint density at radius 3 is 2.52 bits per heavy atom. The number of rotatable bonds is 4. The van der Waals surface area contributed by atoms with E-state index in [1.807, 2.05) is 0 Å². The van der Waals surface area contributed by atoms with Crippen LogP contribution in [0.1, 0.15) is 27.2 Å². The second-order valence-electron chi connectivity index (χ2n) is 4.81. The van der Waals surface area contributed by atoms with Crippen molar-refractivity contribution in [1.29, 1.82) is 0 Å². The molecule has 0 spiro atoms. The summed E-state index contributed by atoms with van der Waals surface area (Å²) in [6.07, 6.45) is 0.686. The van der Waals surface area contributed by atoms with E-state index in [1.54, 1.807) is 33.9 Å². The van der Waals surface area contributed by atoms with Crippen LogP contribution in [0.5, 0.6) is 11.6 Å². The summed E-state index contributed by atoms with van der Waals surface area (Å²) in [4.78, 5) is 21.6. The minimum Gasteiger partial charge on any atom is -0.438 e. The van der Waals surface area contributed by atoms with Crippen molar-refractivity contribution < 1.29 is 14.5 Å². The van der Waals surface area contributed by atoms with Crippen LogP contribution in [0, 0.1) is 30.9 Å². The molecule has 110 valence electrons. The predicted octanol–water partition coefficient (Wildman–Crippen LogP) is 2.86. The van der Waals surface area contributed by atoms with Crippen LogP contribution in [0.2, 0.25) is 0 Å². The fraction of sp³-hybridized carbons (Fsp3) is 0.286. The van der Waals surface area contributed by atoms with Crippen LogP contribution in [-0.2, 0) is 7.05 Å². The summed E-state index contributed by atoms with van der Waals surface area (Å²) in [5.74, 6) is 0.781. The van der Waals surface area contributed by atoms with Gasteiger partial charge in [0.15, 0.2) is 6.29 Å². The Balaban J connectivity index is 2.48. The molecule has 2 rings (SSSR count). The minimum absolute atomic E-state index is 0.0386. The second kappa shape index (κ2) is 5.35. The number of aldehydes is 1. The highest BCUT2D eigenvalue weighted by Crippen LogP contribution is 2.32. The maximum absolute atomic E-state index is 11.1. The second-order valence-corrected chi connectivity index (χ2v) is 4.81. The van der Waals surface area contributed by atoms with E-state index in [0.717, 1.165) is 0 Å². The molecular weight excluding hydrogens is 274 g/mol. The molecule has 0 N–H and O–H groups in total. The number of aromatic nitrogens is 2. The number of carbonyl (C=O) groups is 1. The number of nitro groups is 1. The average molecular weight is 289 g/mol. The Labute approximate surface area is 121 Å². The zero-order valence-electron chi connectivity index (χ0n) is 12.2. The largest absolute Gasteiger partial charge is 0.438 e. The summed E-state index contributed by atoms with van der Waals surface area (Å²) in [6.45, 7) is 5.07. The highest BCUT2D eigenvalue weighted by Gasteiger charge is 2.18. The van der Waals surface area contributed by atoms with Gasteiger partial charge in [0.1, 0.15) is 5.75 Å². The fourth-order valence-corrected chi connectivity index (χ4v) is 2.10. The molecule has 0 aliphatic heterocycles. The summed E-state index contributed by atoms with van der Waals surface area (Å²) in [7, 11) is 1.67. The van der Waals surface area contributed by atoms with Crippen LogP contribution >= 0.6 is 0 Å². The van der Waals surface area contributed by atoms with Gasteiger partial charge in [-0.25, -0.2) is 4.68 Å². The molecule has 0 aliphatic rings. The van der Waals surface area contributed by atoms with Gasteiger partial charge in [-0.15, -0.1) is 0 Å². The number of carbonyl (C=O) groups excluding carboxylic acids is 1. The SMILES string of the molecule is Cc1cc([N+](=O)[O-])c(C)cc1Oc1c(C=O)c(C)nn1C. The summed E-state index contributed by atoms with van der Waals surface area (Å²) in [6, 6.07) is 3.04. The van der Waals surface area contributed by atoms with Gasteiger partial charge >= 0.3 is 0 Å². The first kappa shape index (κ1) is 14.7. The smallest absolute Gasteiger partial charge is 0.272 e. The highest BCUT2D eigenvalue weighted by molar-refractivity contribution is 5.80. The van der Waals surface area contributed by atoms with Gasteiger partial charge in [-0.3, -0.25) is 14.9 Å². The quantitative estimate of drug-likeness (QED) is 0.490. The zero-order chi connectivity index (χ0) is 15.7. The van der Waals surface area contributed by atoms with Gasteiger partial charge in [-0.05, 0) is 32.4 Å². The lowest BCUT2D eigenvalue weighted by Gasteiger charge is -2.10. The molecule has 2 aromatic rings. The molecule has 0 unspecified atom stereocenters. The lowest BCUT2D eigenvalue weighted by molar-refractivity contribution is -0.385. The van der Waals surface area contributed by atoms with Gasteiger partial charge in [0.05, 0.1) is 16.2 Å². The lowest BCUT2D eigenvalue weighted by Crippen LogP contribution is -2.00. The molecule has 0 saturated carbocycles. The molecule has 1 heterocycles. The van der Waals surface area contributed by atoms with Crippen molar-refractivity contribution >= 4 is 12.0 Å². The van der Waals surface area contributed by atoms with Crippen LogP contribution in [0.15, 0.2) is 12.1 Å². The Kier molecular flexibility index (Phi) is 3.75. The summed E-state index contributed by atoms with van der Waals surface area (Å²) in [5, 5.41) is 15.0. The molecule has 7 nitrogen and oxygen atoms in total. The van der Waals surface area contributed by atoms with E-state index >= 15 is 0 Å². The Bertz CT molecular complexity index is 734. The normalized spacial score (nSPS) is 10.5. The van der Waals surface area contributed by atoms with Gasteiger partial charge < -0.3 is 4.74 Å². The number of hydrogen-bond donors (Lipinski definition) is 0. The van der Waals surface area contributed by atoms with Crippen molar-refractivity contribution in [2.45, 2.75) is 20.8 Å². The summed E-state index contributed by atoms with van der Waals surface area (Å²) < 4.78 is 7.21. The van der Waals surface area contributed by atoms with E-state index < -0.39 is 4.92 Å². The molecule has 0 fully saturated rings. The fourth-order valence-electron chi connectivity index (χ4n) is 2.10. The number of benzene rings is 1. The van der Waals surface area contributed by atoms with E-state index in [-0.39, 0.29) is 5.69 Å². The van der Waals surface area contributed by atoms with Gasteiger partial charge in [0, 0.05) is 18.7 Å². The van der Waals surface area contributed by atoms with E-state index in [0.29, 0.717) is 40.3 Å². The van der Waals surface area contributed by atoms with E-state index in [9.17, 15) is 14.9 Å². The molecule has 1 aromatic heterocycles. The van der Waals surface area contributed by atoms with E-state index in [2.05, 4.69) is 5.10 Å². The van der Waals surface area contributed by atoms with Gasteiger partial charge in [-0.2, -0.15) is 5.10 Å². The van der Waals surface area contributed by atoms with Gasteiger partial charge in [0.25, 0.3) is 5.69 Å². The third-order valence-corrected chi connectivity index (χ3v) is 3.23. The average Bonchev–Trinajstić information content (AvgIpc) is 2.67. The molecule has 0 saturated heterocycles. The lowest BCUT2D eigenvalue weighted by atomic mass is 10.1. The van der Waals surface area contributed by atoms with Crippen LogP contribution in [-0.4, -0.2) is 21.0 Å². The minimum atomic E-state index is -0.433. The molecule has 21 heavy (non-hydrogen) atoms. The third-order valence-electron chi connectivity index (χ3n) is 3.23. The van der Waals surface area contributed by atoms with Gasteiger partial charge in [0.2, 0.25) is 5.88 Å². The molecule has 1 aromatic carbocycles. The molecular formula is C14H15N3O4. The zero-order valence-corrected chi connectivity index (χ0v) is 12.2. The van der Waals surface area contributed by atoms with Crippen molar-refractivity contribution in [2.24, 2.45) is 7.05 Å². The van der Waals surface area contributed by atoms with Crippen molar-refractivity contribution in [3.63, 3.8) is 0 Å². The van der Waals surface area contributed by atoms with Crippen molar-refractivity contribution in [2.75, 3.05) is 0 Å². The highest BCUT2D eigenvalue weighted by atomic mass is 16.6. The number of ether oxygens (including phenoxy) is 1. The maximum Gasteiger partial charge on any atom is 0.272 e. The topological polar surface area (TPSA) is 87.3 Å². The van der Waals surface area contributed by atoms with Crippen molar-refractivity contribution in [3.8, 4) is 11.6 Å². The van der Waals surface area contributed by atoms with Crippen molar-refractivity contribution in [1.82, 2.24) is 9.78 Å². The van der Waals surface area contributed by atoms with Crippen LogP contribution < -0.4 is 4.74 Å². The molecule has 7 heteroatoms. The first-order valence-electron chi connectivity index (χ1n) is 6.27. The third kappa shape index (κ3) is 2.62. The Morgan fingerprint density at radius 2 is 1.95 bits per heavy atom. The Morgan fingerprint density at radius 1 is 1.29 bits per heavy atom. The van der Waals surface area contributed by atoms with Gasteiger partial charge in [-0.1, -0.05) is 0 Å². The van der Waals surface area contributed by atoms with Crippen molar-refractivity contribution in [3.05, 3.63) is 44.6 Å². The number of nitro benzene ring substituents is 1. The van der Waals surface area contributed by atoms with Crippen LogP contribution in [0.25, 0.3) is 0 Å². The summed E-state index contributed by atoms with van der Waals surface area (Å²) >= 11 is 0. The molecule has 0 aliphatic carbocycles. The maximum atomic E-state index is 11.1. The molecule has 0 atom stereocenters. The number of aryl methyl sites for hydroxylation is 4. The monoisotopic (exact) mass is 289 g/mol. The summed E-state index contributed by atoms with van der Waals surface area (Å²) in [5.41, 5.74) is 2.08. The first-order valence-corrected chi connectivity index (χ1v) is 6.27. The molecule has 0 radical (unpaired) electrons.